The molecule has 0 aliphatic rings. The normalized spacial score (nSPS) is 12.5. The van der Waals surface area contributed by atoms with Crippen LogP contribution in [0.4, 0.5) is 0 Å². The van der Waals surface area contributed by atoms with Crippen molar-refractivity contribution in [2.45, 2.75) is 26.3 Å². The minimum Gasteiger partial charge on any atom is -0.298 e. The van der Waals surface area contributed by atoms with Crippen LogP contribution in [0.5, 0.6) is 0 Å². The van der Waals surface area contributed by atoms with Gasteiger partial charge in [0.1, 0.15) is 11.6 Å². The molecule has 0 radical (unpaired) electrons. The first-order valence-electron chi connectivity index (χ1n) is 7.01. The molecule has 1 aromatic heterocycles. The molecule has 0 fully saturated rings. The van der Waals surface area contributed by atoms with Crippen LogP contribution in [0.2, 0.25) is 0 Å². The highest BCUT2D eigenvalue weighted by molar-refractivity contribution is 5.83. The number of aryl methyl sites for hydroxylation is 1. The summed E-state index contributed by atoms with van der Waals surface area (Å²) in [5, 5.41) is 8.32. The van der Waals surface area contributed by atoms with Crippen molar-refractivity contribution in [1.82, 2.24) is 15.0 Å². The van der Waals surface area contributed by atoms with Crippen LogP contribution in [0, 0.1) is 6.92 Å². The molecule has 21 heavy (non-hydrogen) atoms. The molecule has 0 N–H and O–H groups in total. The average Bonchev–Trinajstić information content (AvgIpc) is 2.88. The number of benzene rings is 2. The molecule has 1 atom stereocenters. The monoisotopic (exact) mass is 279 g/mol. The Bertz CT molecular complexity index is 791. The number of para-hydroxylation sites is 1. The third kappa shape index (κ3) is 2.70. The number of rotatable bonds is 4. The van der Waals surface area contributed by atoms with E-state index in [1.165, 1.54) is 5.56 Å². The van der Waals surface area contributed by atoms with Gasteiger partial charge in [-0.25, -0.2) is 4.68 Å². The molecule has 3 rings (SSSR count). The largest absolute Gasteiger partial charge is 0.298 e. The van der Waals surface area contributed by atoms with E-state index < -0.39 is 0 Å². The van der Waals surface area contributed by atoms with Crippen LogP contribution in [-0.4, -0.2) is 20.8 Å². The Morgan fingerprint density at radius 2 is 2.00 bits per heavy atom. The van der Waals surface area contributed by atoms with Gasteiger partial charge in [0.2, 0.25) is 0 Å². The molecule has 0 aliphatic heterocycles. The van der Waals surface area contributed by atoms with Gasteiger partial charge in [-0.2, -0.15) is 0 Å². The number of fused-ring (bicyclic) bond motifs is 1. The number of carbonyl (C=O) groups is 1. The summed E-state index contributed by atoms with van der Waals surface area (Å²) in [6, 6.07) is 15.6. The fraction of sp³-hybridized carbons (Fsp3) is 0.235. The maximum atomic E-state index is 12.1. The van der Waals surface area contributed by atoms with Crippen molar-refractivity contribution in [3.05, 3.63) is 59.7 Å². The van der Waals surface area contributed by atoms with Gasteiger partial charge in [-0.1, -0.05) is 47.2 Å². The minimum absolute atomic E-state index is 0.0900. The molecule has 4 heteroatoms. The zero-order valence-corrected chi connectivity index (χ0v) is 12.2. The maximum Gasteiger partial charge on any atom is 0.154 e. The molecular weight excluding hydrogens is 262 g/mol. The van der Waals surface area contributed by atoms with Crippen molar-refractivity contribution in [3.63, 3.8) is 0 Å². The van der Waals surface area contributed by atoms with Crippen molar-refractivity contribution >= 4 is 16.8 Å². The summed E-state index contributed by atoms with van der Waals surface area (Å²) in [7, 11) is 0. The highest BCUT2D eigenvalue weighted by atomic mass is 16.1. The van der Waals surface area contributed by atoms with Gasteiger partial charge in [-0.05, 0) is 31.5 Å². The maximum absolute atomic E-state index is 12.1. The Hall–Kier alpha value is -2.49. The summed E-state index contributed by atoms with van der Waals surface area (Å²) in [5.74, 6) is 0.0900. The summed E-state index contributed by atoms with van der Waals surface area (Å²) in [5.41, 5.74) is 4.03. The summed E-state index contributed by atoms with van der Waals surface area (Å²) in [6.45, 7) is 3.66. The quantitative estimate of drug-likeness (QED) is 0.737. The van der Waals surface area contributed by atoms with Gasteiger partial charge in [0.05, 0.1) is 5.52 Å². The summed E-state index contributed by atoms with van der Waals surface area (Å²) in [4.78, 5) is 12.1. The lowest BCUT2D eigenvalue weighted by atomic mass is 10.0. The number of aromatic nitrogens is 3. The van der Waals surface area contributed by atoms with Crippen molar-refractivity contribution in [3.8, 4) is 0 Å². The van der Waals surface area contributed by atoms with Gasteiger partial charge in [-0.3, -0.25) is 4.79 Å². The molecule has 1 heterocycles. The zero-order valence-electron chi connectivity index (χ0n) is 12.2. The highest BCUT2D eigenvalue weighted by Crippen LogP contribution is 2.20. The van der Waals surface area contributed by atoms with Gasteiger partial charge in [0.25, 0.3) is 0 Å². The van der Waals surface area contributed by atoms with Gasteiger partial charge >= 0.3 is 0 Å². The smallest absolute Gasteiger partial charge is 0.154 e. The van der Waals surface area contributed by atoms with Gasteiger partial charge in [0, 0.05) is 6.42 Å². The molecule has 0 aliphatic carbocycles. The Morgan fingerprint density at radius 1 is 1.19 bits per heavy atom. The third-order valence-corrected chi connectivity index (χ3v) is 3.65. The average molecular weight is 279 g/mol. The molecule has 4 nitrogen and oxygen atoms in total. The Labute approximate surface area is 123 Å². The van der Waals surface area contributed by atoms with Crippen molar-refractivity contribution < 1.29 is 4.79 Å². The second-order valence-corrected chi connectivity index (χ2v) is 5.34. The standard InChI is InChI=1S/C17H17N3O/c1-12-6-5-7-14(10-12)11-17(13(2)21)20-16-9-4-3-8-15(16)18-19-20/h3-10,17H,11H2,1-2H3. The fourth-order valence-electron chi connectivity index (χ4n) is 2.58. The van der Waals surface area contributed by atoms with E-state index >= 15 is 0 Å². The lowest BCUT2D eigenvalue weighted by Gasteiger charge is -2.15. The summed E-state index contributed by atoms with van der Waals surface area (Å²) in [6.07, 6.45) is 0.629. The highest BCUT2D eigenvalue weighted by Gasteiger charge is 2.20. The van der Waals surface area contributed by atoms with Crippen LogP contribution in [0.15, 0.2) is 48.5 Å². The third-order valence-electron chi connectivity index (χ3n) is 3.65. The van der Waals surface area contributed by atoms with E-state index in [4.69, 9.17) is 0 Å². The molecule has 2 aromatic carbocycles. The predicted molar refractivity (Wildman–Crippen MR) is 82.1 cm³/mol. The van der Waals surface area contributed by atoms with E-state index in [-0.39, 0.29) is 11.8 Å². The summed E-state index contributed by atoms with van der Waals surface area (Å²) < 4.78 is 1.74. The fourth-order valence-corrected chi connectivity index (χ4v) is 2.58. The summed E-state index contributed by atoms with van der Waals surface area (Å²) >= 11 is 0. The number of Topliss-reactive ketones (excluding diaryl/α,β-unsaturated/α-hetero) is 1. The van der Waals surface area contributed by atoms with Gasteiger partial charge in [0.15, 0.2) is 5.78 Å². The van der Waals surface area contributed by atoms with Gasteiger partial charge in [-0.15, -0.1) is 5.10 Å². The zero-order chi connectivity index (χ0) is 14.8. The van der Waals surface area contributed by atoms with Crippen LogP contribution in [0.25, 0.3) is 11.0 Å². The SMILES string of the molecule is CC(=O)C(Cc1cccc(C)c1)n1nnc2ccccc21. The number of ketones is 1. The van der Waals surface area contributed by atoms with E-state index in [1.54, 1.807) is 11.6 Å². The van der Waals surface area contributed by atoms with Crippen molar-refractivity contribution in [1.29, 1.82) is 0 Å². The number of nitrogens with zero attached hydrogens (tertiary/aromatic N) is 3. The lowest BCUT2D eigenvalue weighted by molar-refractivity contribution is -0.120. The van der Waals surface area contributed by atoms with Gasteiger partial charge < -0.3 is 0 Å². The molecule has 0 amide bonds. The first-order valence-corrected chi connectivity index (χ1v) is 7.01. The van der Waals surface area contributed by atoms with Crippen LogP contribution in [0.3, 0.4) is 0 Å². The molecule has 0 saturated heterocycles. The van der Waals surface area contributed by atoms with Crippen LogP contribution in [-0.2, 0) is 11.2 Å². The van der Waals surface area contributed by atoms with Crippen molar-refractivity contribution in [2.24, 2.45) is 0 Å². The number of hydrogen-bond acceptors (Lipinski definition) is 3. The molecular formula is C17H17N3O. The molecule has 3 aromatic rings. The Kier molecular flexibility index (Phi) is 3.52. The molecule has 0 saturated carbocycles. The minimum atomic E-state index is -0.320. The predicted octanol–water partition coefficient (Wildman–Crippen LogP) is 3.11. The molecule has 0 bridgehead atoms. The molecule has 0 spiro atoms. The van der Waals surface area contributed by atoms with E-state index in [0.717, 1.165) is 16.6 Å². The topological polar surface area (TPSA) is 47.8 Å². The molecule has 106 valence electrons. The van der Waals surface area contributed by atoms with Crippen LogP contribution in [0.1, 0.15) is 24.1 Å². The van der Waals surface area contributed by atoms with Crippen LogP contribution < -0.4 is 0 Å². The first-order chi connectivity index (χ1) is 10.1. The number of hydrogen-bond donors (Lipinski definition) is 0. The van der Waals surface area contributed by atoms with Crippen molar-refractivity contribution in [2.75, 3.05) is 0 Å². The second kappa shape index (κ2) is 5.48. The van der Waals surface area contributed by atoms with Crippen LogP contribution >= 0.6 is 0 Å². The van der Waals surface area contributed by atoms with E-state index in [1.807, 2.05) is 36.4 Å². The Balaban J connectivity index is 2.00. The lowest BCUT2D eigenvalue weighted by Crippen LogP contribution is -2.21. The second-order valence-electron chi connectivity index (χ2n) is 5.34. The number of carbonyl (C=O) groups excluding carboxylic acids is 1. The van der Waals surface area contributed by atoms with E-state index in [9.17, 15) is 4.79 Å². The molecule has 1 unspecified atom stereocenters. The Morgan fingerprint density at radius 3 is 2.76 bits per heavy atom. The van der Waals surface area contributed by atoms with E-state index in [0.29, 0.717) is 6.42 Å². The first kappa shape index (κ1) is 13.5. The van der Waals surface area contributed by atoms with E-state index in [2.05, 4.69) is 29.4 Å².